The van der Waals surface area contributed by atoms with Crippen molar-refractivity contribution in [2.24, 2.45) is 0 Å². The molecule has 1 N–H and O–H groups in total. The number of amides is 1. The van der Waals surface area contributed by atoms with Gasteiger partial charge in [0.1, 0.15) is 5.75 Å². The summed E-state index contributed by atoms with van der Waals surface area (Å²) >= 11 is 0. The highest BCUT2D eigenvalue weighted by molar-refractivity contribution is 6.70. The van der Waals surface area contributed by atoms with E-state index in [0.29, 0.717) is 13.0 Å². The second kappa shape index (κ2) is 11.2. The smallest absolute Gasteiger partial charge is 0.242 e. The molecule has 0 atom stereocenters. The van der Waals surface area contributed by atoms with Crippen LogP contribution in [0.3, 0.4) is 0 Å². The quantitative estimate of drug-likeness (QED) is 0.405. The molecule has 25 heavy (non-hydrogen) atoms. The van der Waals surface area contributed by atoms with Crippen LogP contribution in [0, 0.1) is 0 Å². The van der Waals surface area contributed by atoms with Crippen molar-refractivity contribution >= 4 is 14.2 Å². The normalized spacial score (nSPS) is 11.2. The number of ether oxygens (including phenoxy) is 1. The van der Waals surface area contributed by atoms with Crippen molar-refractivity contribution in [1.29, 1.82) is 0 Å². The number of nitrogens with one attached hydrogen (secondary N) is 1. The van der Waals surface area contributed by atoms with Crippen LogP contribution in [-0.2, 0) is 11.3 Å². The Morgan fingerprint density at radius 1 is 1.04 bits per heavy atom. The van der Waals surface area contributed by atoms with Gasteiger partial charge in [0.05, 0.1) is 7.11 Å². The maximum absolute atomic E-state index is 12.0. The molecule has 0 bridgehead atoms. The zero-order valence-corrected chi connectivity index (χ0v) is 17.6. The standard InChI is InChI=1S/C20H35NO3Si/c1-6-7-8-9-10-11-12-20(22)21-16-17-13-14-18(19(15-17)23-2)24-25(3,4)5/h13-15H,6-12,16H2,1-5H3,(H,21,22). The molecule has 142 valence electrons. The maximum atomic E-state index is 12.0. The molecule has 0 saturated heterocycles. The van der Waals surface area contributed by atoms with Crippen LogP contribution in [0.15, 0.2) is 18.2 Å². The molecule has 0 aliphatic carbocycles. The molecule has 0 aromatic heterocycles. The van der Waals surface area contributed by atoms with E-state index in [1.54, 1.807) is 7.11 Å². The Bertz CT molecular complexity index is 526. The van der Waals surface area contributed by atoms with Gasteiger partial charge in [-0.2, -0.15) is 0 Å². The number of benzene rings is 1. The van der Waals surface area contributed by atoms with Gasteiger partial charge in [0, 0.05) is 13.0 Å². The Morgan fingerprint density at radius 2 is 1.72 bits per heavy atom. The molecule has 5 heteroatoms. The van der Waals surface area contributed by atoms with Crippen LogP contribution in [0.4, 0.5) is 0 Å². The van der Waals surface area contributed by atoms with Crippen molar-refractivity contribution in [1.82, 2.24) is 5.32 Å². The van der Waals surface area contributed by atoms with Crippen LogP contribution >= 0.6 is 0 Å². The number of carbonyl (C=O) groups is 1. The van der Waals surface area contributed by atoms with Gasteiger partial charge in [-0.1, -0.05) is 45.1 Å². The zero-order valence-electron chi connectivity index (χ0n) is 16.6. The summed E-state index contributed by atoms with van der Waals surface area (Å²) < 4.78 is 11.5. The largest absolute Gasteiger partial charge is 0.542 e. The van der Waals surface area contributed by atoms with Gasteiger partial charge >= 0.3 is 0 Å². The SMILES string of the molecule is CCCCCCCCC(=O)NCc1ccc(O[Si](C)(C)C)c(OC)c1. The molecule has 0 aliphatic heterocycles. The van der Waals surface area contributed by atoms with E-state index in [9.17, 15) is 4.79 Å². The van der Waals surface area contributed by atoms with Gasteiger partial charge in [0.25, 0.3) is 0 Å². The van der Waals surface area contributed by atoms with Crippen molar-refractivity contribution in [2.75, 3.05) is 7.11 Å². The van der Waals surface area contributed by atoms with Gasteiger partial charge in [0.15, 0.2) is 5.75 Å². The molecule has 1 rings (SSSR count). The summed E-state index contributed by atoms with van der Waals surface area (Å²) in [5, 5.41) is 2.99. The summed E-state index contributed by atoms with van der Waals surface area (Å²) in [4.78, 5) is 12.0. The number of hydrogen-bond acceptors (Lipinski definition) is 3. The fraction of sp³-hybridized carbons (Fsp3) is 0.650. The molecular formula is C20H35NO3Si. The second-order valence-electron chi connectivity index (χ2n) is 7.49. The number of methoxy groups -OCH3 is 1. The number of hydrogen-bond donors (Lipinski definition) is 1. The lowest BCUT2D eigenvalue weighted by molar-refractivity contribution is -0.121. The minimum Gasteiger partial charge on any atom is -0.542 e. The van der Waals surface area contributed by atoms with E-state index in [4.69, 9.17) is 9.16 Å². The van der Waals surface area contributed by atoms with Crippen LogP contribution < -0.4 is 14.5 Å². The lowest BCUT2D eigenvalue weighted by Crippen LogP contribution is -2.29. The van der Waals surface area contributed by atoms with E-state index in [-0.39, 0.29) is 5.91 Å². The molecule has 1 amide bonds. The van der Waals surface area contributed by atoms with E-state index in [1.165, 1.54) is 25.7 Å². The van der Waals surface area contributed by atoms with E-state index in [2.05, 4.69) is 31.9 Å². The highest BCUT2D eigenvalue weighted by atomic mass is 28.4. The van der Waals surface area contributed by atoms with Gasteiger partial charge in [-0.25, -0.2) is 0 Å². The average molecular weight is 366 g/mol. The van der Waals surface area contributed by atoms with Gasteiger partial charge in [0.2, 0.25) is 14.2 Å². The summed E-state index contributed by atoms with van der Waals surface area (Å²) in [7, 11) is -0.0304. The predicted octanol–water partition coefficient (Wildman–Crippen LogP) is 5.28. The number of unbranched alkanes of at least 4 members (excludes halogenated alkanes) is 5. The topological polar surface area (TPSA) is 47.6 Å². The molecular weight excluding hydrogens is 330 g/mol. The predicted molar refractivity (Wildman–Crippen MR) is 107 cm³/mol. The minimum absolute atomic E-state index is 0.122. The molecule has 1 aromatic rings. The Balaban J connectivity index is 2.40. The van der Waals surface area contributed by atoms with E-state index < -0.39 is 8.32 Å². The lowest BCUT2D eigenvalue weighted by Gasteiger charge is -2.21. The zero-order chi connectivity index (χ0) is 18.7. The minimum atomic E-state index is -1.68. The molecule has 1 aromatic carbocycles. The molecule has 0 heterocycles. The molecule has 0 aliphatic rings. The highest BCUT2D eigenvalue weighted by Gasteiger charge is 2.18. The first-order valence-corrected chi connectivity index (χ1v) is 12.9. The third-order valence-electron chi connectivity index (χ3n) is 3.89. The van der Waals surface area contributed by atoms with E-state index >= 15 is 0 Å². The Morgan fingerprint density at radius 3 is 2.36 bits per heavy atom. The van der Waals surface area contributed by atoms with Crippen LogP contribution in [-0.4, -0.2) is 21.3 Å². The summed E-state index contributed by atoms with van der Waals surface area (Å²) in [6.07, 6.45) is 7.80. The number of carbonyl (C=O) groups excluding carboxylic acids is 1. The van der Waals surface area contributed by atoms with E-state index in [0.717, 1.165) is 29.9 Å². The van der Waals surface area contributed by atoms with Crippen LogP contribution in [0.1, 0.15) is 57.4 Å². The maximum Gasteiger partial charge on any atom is 0.242 e. The van der Waals surface area contributed by atoms with Crippen molar-refractivity contribution in [3.63, 3.8) is 0 Å². The van der Waals surface area contributed by atoms with Crippen LogP contribution in [0.25, 0.3) is 0 Å². The molecule has 0 fully saturated rings. The molecule has 0 unspecified atom stereocenters. The molecule has 0 saturated carbocycles. The number of rotatable bonds is 12. The first kappa shape index (κ1) is 21.5. The van der Waals surface area contributed by atoms with Gasteiger partial charge in [-0.15, -0.1) is 0 Å². The molecule has 4 nitrogen and oxygen atoms in total. The monoisotopic (exact) mass is 365 g/mol. The highest BCUT2D eigenvalue weighted by Crippen LogP contribution is 2.30. The van der Waals surface area contributed by atoms with Crippen molar-refractivity contribution < 1.29 is 14.0 Å². The fourth-order valence-electron chi connectivity index (χ4n) is 2.59. The fourth-order valence-corrected chi connectivity index (χ4v) is 3.42. The summed E-state index contributed by atoms with van der Waals surface area (Å²) in [5.41, 5.74) is 1.02. The summed E-state index contributed by atoms with van der Waals surface area (Å²) in [5.74, 6) is 1.63. The van der Waals surface area contributed by atoms with E-state index in [1.807, 2.05) is 18.2 Å². The van der Waals surface area contributed by atoms with Crippen molar-refractivity contribution in [3.8, 4) is 11.5 Å². The van der Waals surface area contributed by atoms with Crippen LogP contribution in [0.5, 0.6) is 11.5 Å². The Hall–Kier alpha value is -1.49. The Kier molecular flexibility index (Phi) is 9.64. The lowest BCUT2D eigenvalue weighted by atomic mass is 10.1. The summed E-state index contributed by atoms with van der Waals surface area (Å²) in [6, 6.07) is 5.87. The second-order valence-corrected chi connectivity index (χ2v) is 11.9. The Labute approximate surface area is 154 Å². The third-order valence-corrected chi connectivity index (χ3v) is 4.72. The van der Waals surface area contributed by atoms with Crippen molar-refractivity contribution in [3.05, 3.63) is 23.8 Å². The average Bonchev–Trinajstić information content (AvgIpc) is 2.55. The van der Waals surface area contributed by atoms with Crippen LogP contribution in [0.2, 0.25) is 19.6 Å². The van der Waals surface area contributed by atoms with Crippen molar-refractivity contribution in [2.45, 2.75) is 78.1 Å². The summed E-state index contributed by atoms with van der Waals surface area (Å²) in [6.45, 7) is 9.17. The first-order chi connectivity index (χ1) is 11.9. The first-order valence-electron chi connectivity index (χ1n) is 9.48. The molecule has 0 radical (unpaired) electrons. The molecule has 0 spiro atoms. The van der Waals surface area contributed by atoms with Gasteiger partial charge in [-0.3, -0.25) is 4.79 Å². The third kappa shape index (κ3) is 9.53. The van der Waals surface area contributed by atoms with Gasteiger partial charge < -0.3 is 14.5 Å². The van der Waals surface area contributed by atoms with Gasteiger partial charge in [-0.05, 0) is 43.8 Å².